The molecule has 1 aromatic carbocycles. The third-order valence-corrected chi connectivity index (χ3v) is 2.84. The van der Waals surface area contributed by atoms with E-state index in [2.05, 4.69) is 11.0 Å². The van der Waals surface area contributed by atoms with Gasteiger partial charge in [-0.05, 0) is 30.9 Å². The van der Waals surface area contributed by atoms with Crippen LogP contribution in [0.3, 0.4) is 0 Å². The van der Waals surface area contributed by atoms with E-state index >= 15 is 0 Å². The Bertz CT molecular complexity index is 402. The Balaban J connectivity index is 2.22. The maximum Gasteiger partial charge on any atom is 0.101 e. The fraction of sp³-hybridized carbons (Fsp3) is 0.417. The van der Waals surface area contributed by atoms with E-state index in [1.807, 2.05) is 19.2 Å². The van der Waals surface area contributed by atoms with Crippen LogP contribution in [0.5, 0.6) is 0 Å². The zero-order valence-corrected chi connectivity index (χ0v) is 8.90. The average molecular weight is 201 g/mol. The van der Waals surface area contributed by atoms with Gasteiger partial charge in [0.05, 0.1) is 16.9 Å². The van der Waals surface area contributed by atoms with E-state index in [0.717, 1.165) is 18.2 Å². The third-order valence-electron chi connectivity index (χ3n) is 2.84. The van der Waals surface area contributed by atoms with Crippen LogP contribution in [0.4, 0.5) is 11.4 Å². The molecule has 0 amide bonds. The molecule has 0 saturated heterocycles. The van der Waals surface area contributed by atoms with Crippen molar-refractivity contribution >= 4 is 11.4 Å². The summed E-state index contributed by atoms with van der Waals surface area (Å²) in [4.78, 5) is 2.15. The number of nitriles is 1. The molecule has 3 nitrogen and oxygen atoms in total. The predicted molar refractivity (Wildman–Crippen MR) is 61.6 cm³/mol. The molecule has 1 aliphatic rings. The number of para-hydroxylation sites is 1. The van der Waals surface area contributed by atoms with Crippen molar-refractivity contribution in [1.29, 1.82) is 5.26 Å². The maximum absolute atomic E-state index is 8.87. The summed E-state index contributed by atoms with van der Waals surface area (Å²) >= 11 is 0. The lowest BCUT2D eigenvalue weighted by Gasteiger charge is -2.21. The lowest BCUT2D eigenvalue weighted by molar-refractivity contribution is 0.788. The van der Waals surface area contributed by atoms with Gasteiger partial charge in [-0.2, -0.15) is 5.26 Å². The number of benzene rings is 1. The molecule has 15 heavy (non-hydrogen) atoms. The molecule has 0 bridgehead atoms. The van der Waals surface area contributed by atoms with Crippen molar-refractivity contribution in [1.82, 2.24) is 0 Å². The minimum absolute atomic E-state index is 0.565. The van der Waals surface area contributed by atoms with Crippen LogP contribution in [0.1, 0.15) is 18.4 Å². The summed E-state index contributed by atoms with van der Waals surface area (Å²) in [6.07, 6.45) is 2.64. The Morgan fingerprint density at radius 2 is 2.27 bits per heavy atom. The quantitative estimate of drug-likeness (QED) is 0.761. The van der Waals surface area contributed by atoms with Gasteiger partial charge in [0.2, 0.25) is 0 Å². The molecule has 0 radical (unpaired) electrons. The molecule has 0 aromatic heterocycles. The highest BCUT2D eigenvalue weighted by Crippen LogP contribution is 2.33. The molecule has 2 rings (SSSR count). The van der Waals surface area contributed by atoms with Gasteiger partial charge >= 0.3 is 0 Å². The maximum atomic E-state index is 8.87. The summed E-state index contributed by atoms with van der Waals surface area (Å²) < 4.78 is 0. The normalized spacial score (nSPS) is 14.7. The second-order valence-corrected chi connectivity index (χ2v) is 4.17. The number of rotatable bonds is 3. The van der Waals surface area contributed by atoms with Crippen LogP contribution in [0, 0.1) is 17.2 Å². The van der Waals surface area contributed by atoms with Crippen LogP contribution in [0.25, 0.3) is 0 Å². The predicted octanol–water partition coefficient (Wildman–Crippen LogP) is 1.99. The lowest BCUT2D eigenvalue weighted by atomic mass is 10.1. The molecule has 0 aliphatic heterocycles. The minimum atomic E-state index is 0.565. The summed E-state index contributed by atoms with van der Waals surface area (Å²) in [5.74, 6) is 0.820. The van der Waals surface area contributed by atoms with Crippen molar-refractivity contribution < 1.29 is 0 Å². The van der Waals surface area contributed by atoms with Crippen molar-refractivity contribution in [2.24, 2.45) is 5.92 Å². The molecule has 1 aromatic rings. The number of anilines is 2. The van der Waals surface area contributed by atoms with Gasteiger partial charge in [-0.25, -0.2) is 0 Å². The molecule has 3 heteroatoms. The van der Waals surface area contributed by atoms with Crippen LogP contribution < -0.4 is 10.6 Å². The molecule has 1 aliphatic carbocycles. The number of nitrogens with zero attached hydrogens (tertiary/aromatic N) is 2. The van der Waals surface area contributed by atoms with Gasteiger partial charge in [-0.3, -0.25) is 0 Å². The van der Waals surface area contributed by atoms with Crippen molar-refractivity contribution in [3.8, 4) is 6.07 Å². The summed E-state index contributed by atoms with van der Waals surface area (Å²) in [6, 6.07) is 7.71. The van der Waals surface area contributed by atoms with E-state index in [1.54, 1.807) is 6.07 Å². The van der Waals surface area contributed by atoms with Crippen LogP contribution in [-0.4, -0.2) is 13.6 Å². The number of hydrogen-bond donors (Lipinski definition) is 1. The van der Waals surface area contributed by atoms with Gasteiger partial charge in [0.1, 0.15) is 6.07 Å². The van der Waals surface area contributed by atoms with E-state index in [4.69, 9.17) is 11.0 Å². The van der Waals surface area contributed by atoms with Gasteiger partial charge in [-0.15, -0.1) is 0 Å². The van der Waals surface area contributed by atoms with Crippen molar-refractivity contribution in [2.45, 2.75) is 12.8 Å². The van der Waals surface area contributed by atoms with Crippen LogP contribution in [0.2, 0.25) is 0 Å². The molecular formula is C12H15N3. The van der Waals surface area contributed by atoms with Crippen molar-refractivity contribution in [3.63, 3.8) is 0 Å². The van der Waals surface area contributed by atoms with Crippen LogP contribution >= 0.6 is 0 Å². The Labute approximate surface area is 90.1 Å². The first-order valence-corrected chi connectivity index (χ1v) is 5.22. The van der Waals surface area contributed by atoms with Gasteiger partial charge in [0, 0.05) is 13.6 Å². The summed E-state index contributed by atoms with van der Waals surface area (Å²) in [7, 11) is 2.03. The molecule has 1 saturated carbocycles. The largest absolute Gasteiger partial charge is 0.396 e. The van der Waals surface area contributed by atoms with E-state index in [1.165, 1.54) is 12.8 Å². The van der Waals surface area contributed by atoms with E-state index in [-0.39, 0.29) is 0 Å². The first kappa shape index (κ1) is 9.85. The second-order valence-electron chi connectivity index (χ2n) is 4.17. The highest BCUT2D eigenvalue weighted by atomic mass is 15.1. The molecule has 0 unspecified atom stereocenters. The van der Waals surface area contributed by atoms with E-state index in [0.29, 0.717) is 11.3 Å². The molecule has 0 heterocycles. The van der Waals surface area contributed by atoms with Crippen LogP contribution in [-0.2, 0) is 0 Å². The first-order valence-electron chi connectivity index (χ1n) is 5.22. The fourth-order valence-corrected chi connectivity index (χ4v) is 1.77. The molecule has 78 valence electrons. The Morgan fingerprint density at radius 3 is 2.87 bits per heavy atom. The number of nitrogens with two attached hydrogens (primary N) is 1. The fourth-order valence-electron chi connectivity index (χ4n) is 1.77. The smallest absolute Gasteiger partial charge is 0.101 e. The second kappa shape index (κ2) is 3.82. The highest BCUT2D eigenvalue weighted by Gasteiger charge is 2.23. The average Bonchev–Trinajstić information content (AvgIpc) is 3.02. The Morgan fingerprint density at radius 1 is 1.53 bits per heavy atom. The minimum Gasteiger partial charge on any atom is -0.396 e. The molecule has 0 spiro atoms. The van der Waals surface area contributed by atoms with Crippen LogP contribution in [0.15, 0.2) is 18.2 Å². The summed E-state index contributed by atoms with van der Waals surface area (Å²) in [5.41, 5.74) is 8.06. The molecule has 2 N–H and O–H groups in total. The SMILES string of the molecule is CN(CC1CC1)c1cccc(C#N)c1N. The zero-order chi connectivity index (χ0) is 10.8. The number of hydrogen-bond acceptors (Lipinski definition) is 3. The van der Waals surface area contributed by atoms with Gasteiger partial charge < -0.3 is 10.6 Å². The van der Waals surface area contributed by atoms with E-state index < -0.39 is 0 Å². The topological polar surface area (TPSA) is 53.0 Å². The third kappa shape index (κ3) is 2.04. The van der Waals surface area contributed by atoms with Crippen molar-refractivity contribution in [3.05, 3.63) is 23.8 Å². The van der Waals surface area contributed by atoms with Crippen molar-refractivity contribution in [2.75, 3.05) is 24.2 Å². The van der Waals surface area contributed by atoms with Gasteiger partial charge in [-0.1, -0.05) is 6.07 Å². The Hall–Kier alpha value is -1.69. The van der Waals surface area contributed by atoms with Gasteiger partial charge in [0.15, 0.2) is 0 Å². The molecule has 0 atom stereocenters. The summed E-state index contributed by atoms with van der Waals surface area (Å²) in [6.45, 7) is 1.04. The molecule has 1 fully saturated rings. The first-order chi connectivity index (χ1) is 7.22. The monoisotopic (exact) mass is 201 g/mol. The van der Waals surface area contributed by atoms with E-state index in [9.17, 15) is 0 Å². The molecular weight excluding hydrogens is 186 g/mol. The highest BCUT2D eigenvalue weighted by molar-refractivity contribution is 5.73. The summed E-state index contributed by atoms with van der Waals surface area (Å²) in [5, 5.41) is 8.87. The Kier molecular flexibility index (Phi) is 2.51. The lowest BCUT2D eigenvalue weighted by Crippen LogP contribution is -2.21. The zero-order valence-electron chi connectivity index (χ0n) is 8.90. The number of nitrogen functional groups attached to an aromatic ring is 1. The standard InChI is InChI=1S/C12H15N3/c1-15(8-9-5-6-9)11-4-2-3-10(7-13)12(11)14/h2-4,9H,5-6,8,14H2,1H3. The van der Waals surface area contributed by atoms with Gasteiger partial charge in [0.25, 0.3) is 0 Å².